The van der Waals surface area contributed by atoms with Gasteiger partial charge in [0.05, 0.1) is 22.3 Å². The second kappa shape index (κ2) is 29.5. The van der Waals surface area contributed by atoms with Crippen molar-refractivity contribution < 1.29 is 44.2 Å². The Balaban J connectivity index is 0.000000110. The van der Waals surface area contributed by atoms with E-state index in [0.29, 0.717) is 45.1 Å². The molecule has 0 fully saturated rings. The van der Waals surface area contributed by atoms with Crippen LogP contribution in [-0.2, 0) is 28.2 Å². The lowest BCUT2D eigenvalue weighted by molar-refractivity contribution is -0.660. The maximum absolute atomic E-state index is 8.24. The molecule has 118 heavy (non-hydrogen) atoms. The van der Waals surface area contributed by atoms with Crippen molar-refractivity contribution in [3.05, 3.63) is 336 Å². The Bertz CT molecular complexity index is 8120. The van der Waals surface area contributed by atoms with Crippen molar-refractivity contribution in [1.29, 1.82) is 0 Å². The van der Waals surface area contributed by atoms with Crippen LogP contribution in [0.15, 0.2) is 298 Å². The van der Waals surface area contributed by atoms with Crippen LogP contribution in [-0.4, -0.2) is 19.9 Å². The lowest BCUT2D eigenvalue weighted by Crippen LogP contribution is -2.31. The van der Waals surface area contributed by atoms with Gasteiger partial charge in [-0.25, -0.2) is 38.2 Å². The van der Waals surface area contributed by atoms with E-state index < -0.39 is 13.7 Å². The fraction of sp³-hybridized carbons (Fsp3) is 0.132. The SMILES string of the molecule is Cc1c(-c2cccc[n+]2C)c2c3cccnc3oc2c2ccccc12.Cc1cc[n+](C)c(-c2c(C)c3ccccc3c3oc4ncccc4c23)c1.[2H]C([2H])([2H])c1c[n+](C)c(-c2c(C)c3ccccc3c3c2oc2nc(C)ccc23)cc1-c1ccc(C)cc1.[2H]C([2H])([2H])c1c[n+](C)c(-c2c(C)c3ccccc3c3c2oc2nc(C)ccc23)cc1-c1ccccc1. The summed E-state index contributed by atoms with van der Waals surface area (Å²) < 4.78 is 82.9. The Kier molecular flexibility index (Phi) is 16.7. The third kappa shape index (κ3) is 12.4. The fourth-order valence-electron chi connectivity index (χ4n) is 17.7. The number of aryl methyl sites for hydroxylation is 14. The van der Waals surface area contributed by atoms with Crippen molar-refractivity contribution in [2.24, 2.45) is 28.2 Å². The van der Waals surface area contributed by atoms with Gasteiger partial charge in [0, 0.05) is 133 Å². The largest absolute Gasteiger partial charge is 0.437 e. The van der Waals surface area contributed by atoms with E-state index in [2.05, 4.69) is 212 Å². The number of hydrogen-bond acceptors (Lipinski definition) is 8. The standard InChI is InChI=1S/C31H27N2O.C30H25N2O.C23H19N2O.C22H17N2O/c1-18-10-13-22(14-11-18)26-16-27(33(5)17-19(26)2)28-21(4)23-8-6-7-9-24(23)29-25-15-12-20(3)32-31(25)34-30(28)29;1-18-17-32(4)26(16-25(18)21-10-6-5-7-11-21)27-20(3)22-12-8-9-13-23(22)28-24-15-14-19(2)31-30(24)33-29(27)28;1-14-10-12-25(3)19(13-14)20-15(2)16-7-4-5-8-17(16)22-21(20)18-9-6-11-24-23(18)26-22;1-14-15-8-3-4-9-16(15)21-20(17-10-7-12-23-22(17)25-21)19(14)18-11-5-6-13-24(18)2/h6-17H,1-5H3;5-17H,1-4H3;4-13H,1-3H3;3-13H,1-2H3/q4*+1/i2D3;1D3;;. The number of nitrogens with zero attached hydrogens (tertiary/aromatic N) is 8. The maximum atomic E-state index is 8.24. The first-order valence-electron chi connectivity index (χ1n) is 42.7. The van der Waals surface area contributed by atoms with Gasteiger partial charge in [0.15, 0.2) is 36.0 Å². The van der Waals surface area contributed by atoms with Gasteiger partial charge in [-0.3, -0.25) is 0 Å². The first kappa shape index (κ1) is 67.0. The van der Waals surface area contributed by atoms with Gasteiger partial charge in [-0.2, -0.15) is 0 Å². The van der Waals surface area contributed by atoms with Gasteiger partial charge in [-0.1, -0.05) is 157 Å². The molecule has 0 bridgehead atoms. The van der Waals surface area contributed by atoms with E-state index in [1.807, 2.05) is 165 Å². The van der Waals surface area contributed by atoms with Crippen LogP contribution in [0.5, 0.6) is 0 Å². The summed E-state index contributed by atoms with van der Waals surface area (Å²) in [5.74, 6) is 0. The summed E-state index contributed by atoms with van der Waals surface area (Å²) in [4.78, 5) is 18.2. The van der Waals surface area contributed by atoms with E-state index in [-0.39, 0.29) is 0 Å². The van der Waals surface area contributed by atoms with Crippen LogP contribution >= 0.6 is 0 Å². The second-order valence-corrected chi connectivity index (χ2v) is 31.1. The molecule has 0 amide bonds. The van der Waals surface area contributed by atoms with Gasteiger partial charge in [0.25, 0.3) is 0 Å². The molecule has 22 rings (SSSR count). The number of benzene rings is 10. The van der Waals surface area contributed by atoms with Gasteiger partial charge in [0.1, 0.15) is 39.4 Å². The second-order valence-electron chi connectivity index (χ2n) is 31.1. The molecule has 12 aromatic heterocycles. The Morgan fingerprint density at radius 2 is 0.661 bits per heavy atom. The monoisotopic (exact) mass is 1540 g/mol. The van der Waals surface area contributed by atoms with Crippen LogP contribution in [0.4, 0.5) is 0 Å². The summed E-state index contributed by atoms with van der Waals surface area (Å²) in [6.07, 6.45) is 11.2. The number of furan rings is 4. The molecule has 0 atom stereocenters. The van der Waals surface area contributed by atoms with Gasteiger partial charge >= 0.3 is 0 Å². The first-order chi connectivity index (χ1) is 59.8. The van der Waals surface area contributed by atoms with E-state index in [1.165, 1.54) is 50.0 Å². The summed E-state index contributed by atoms with van der Waals surface area (Å²) in [5, 5.41) is 17.6. The molecule has 0 saturated heterocycles. The average molecular weight is 1540 g/mol. The average Bonchev–Trinajstić information content (AvgIpc) is 1.52. The Morgan fingerprint density at radius 3 is 1.14 bits per heavy atom. The zero-order chi connectivity index (χ0) is 86.1. The smallest absolute Gasteiger partial charge is 0.227 e. The number of rotatable bonds is 6. The summed E-state index contributed by atoms with van der Waals surface area (Å²) in [6, 6.07) is 82.2. The maximum Gasteiger partial charge on any atom is 0.227 e. The molecular formula is C106H88N8O4+4. The molecule has 0 N–H and O–H groups in total. The molecule has 22 aromatic rings. The topological polar surface area (TPSA) is 120 Å². The van der Waals surface area contributed by atoms with Crippen molar-refractivity contribution >= 4 is 131 Å². The number of pyridine rings is 8. The molecule has 0 aliphatic heterocycles. The zero-order valence-corrected chi connectivity index (χ0v) is 67.8. The zero-order valence-electron chi connectivity index (χ0n) is 73.8. The predicted molar refractivity (Wildman–Crippen MR) is 481 cm³/mol. The highest BCUT2D eigenvalue weighted by atomic mass is 16.4. The molecule has 0 saturated carbocycles. The van der Waals surface area contributed by atoms with Crippen LogP contribution in [0, 0.1) is 69.1 Å². The molecule has 0 radical (unpaired) electrons. The fourth-order valence-corrected chi connectivity index (χ4v) is 17.7. The minimum atomic E-state index is -2.26. The van der Waals surface area contributed by atoms with E-state index in [4.69, 9.17) is 25.9 Å². The van der Waals surface area contributed by atoms with E-state index in [9.17, 15) is 0 Å². The quantitative estimate of drug-likeness (QED) is 0.151. The molecule has 0 aliphatic rings. The molecular weight excluding hydrogens is 1450 g/mol. The van der Waals surface area contributed by atoms with Crippen LogP contribution in [0.25, 0.3) is 199 Å². The Hall–Kier alpha value is -14.4. The highest BCUT2D eigenvalue weighted by molar-refractivity contribution is 6.26. The number of hydrogen-bond donors (Lipinski definition) is 0. The van der Waals surface area contributed by atoms with Gasteiger partial charge in [0.2, 0.25) is 45.6 Å². The van der Waals surface area contributed by atoms with Crippen LogP contribution in [0.3, 0.4) is 0 Å². The number of aromatic nitrogens is 8. The Labute approximate surface area is 691 Å². The van der Waals surface area contributed by atoms with Gasteiger partial charge < -0.3 is 17.7 Å². The summed E-state index contributed by atoms with van der Waals surface area (Å²) in [6.45, 7) is 12.2. The molecule has 572 valence electrons. The molecule has 10 aromatic carbocycles. The number of fused-ring (bicyclic) bond motifs is 20. The molecule has 12 heterocycles. The first-order valence-corrected chi connectivity index (χ1v) is 39.7. The third-order valence-corrected chi connectivity index (χ3v) is 23.5. The molecule has 12 heteroatoms. The summed E-state index contributed by atoms with van der Waals surface area (Å²) in [7, 11) is 7.96. The third-order valence-electron chi connectivity index (χ3n) is 23.5. The van der Waals surface area contributed by atoms with E-state index >= 15 is 0 Å². The lowest BCUT2D eigenvalue weighted by Gasteiger charge is -2.13. The summed E-state index contributed by atoms with van der Waals surface area (Å²) >= 11 is 0. The predicted octanol–water partition coefficient (Wildman–Crippen LogP) is 24.9. The van der Waals surface area contributed by atoms with Gasteiger partial charge in [-0.15, -0.1) is 0 Å². The normalized spacial score (nSPS) is 12.6. The summed E-state index contributed by atoms with van der Waals surface area (Å²) in [5.41, 5.74) is 26.9. The van der Waals surface area contributed by atoms with Crippen molar-refractivity contribution in [3.63, 3.8) is 0 Å². The van der Waals surface area contributed by atoms with Crippen molar-refractivity contribution in [2.75, 3.05) is 0 Å². The van der Waals surface area contributed by atoms with E-state index in [0.717, 1.165) is 159 Å². The van der Waals surface area contributed by atoms with Crippen LogP contribution in [0.1, 0.15) is 64.1 Å². The van der Waals surface area contributed by atoms with Crippen molar-refractivity contribution in [1.82, 2.24) is 19.9 Å². The minimum absolute atomic E-state index is 0.316. The highest BCUT2D eigenvalue weighted by Crippen LogP contribution is 2.48. The molecule has 0 aliphatic carbocycles. The van der Waals surface area contributed by atoms with Crippen molar-refractivity contribution in [2.45, 2.75) is 69.1 Å². The Morgan fingerprint density at radius 1 is 0.280 bits per heavy atom. The van der Waals surface area contributed by atoms with Crippen LogP contribution in [0.2, 0.25) is 0 Å². The van der Waals surface area contributed by atoms with Gasteiger partial charge in [-0.05, 0) is 206 Å². The van der Waals surface area contributed by atoms with E-state index in [1.54, 1.807) is 24.8 Å². The molecule has 12 nitrogen and oxygen atoms in total. The van der Waals surface area contributed by atoms with Crippen LogP contribution < -0.4 is 18.3 Å². The molecule has 0 spiro atoms. The minimum Gasteiger partial charge on any atom is -0.437 e. The highest BCUT2D eigenvalue weighted by Gasteiger charge is 2.31. The van der Waals surface area contributed by atoms with Crippen molar-refractivity contribution in [3.8, 4) is 67.3 Å². The molecule has 0 unspecified atom stereocenters. The lowest BCUT2D eigenvalue weighted by atomic mass is 9.91.